The molecule has 0 aromatic heterocycles. The first-order valence-corrected chi connectivity index (χ1v) is 10.0. The average molecular weight is 331 g/mol. The summed E-state index contributed by atoms with van der Waals surface area (Å²) < 4.78 is 5.71. The highest BCUT2D eigenvalue weighted by molar-refractivity contribution is 5.86. The van der Waals surface area contributed by atoms with Gasteiger partial charge in [-0.15, -0.1) is 0 Å². The Balaban J connectivity index is 1.27. The molecule has 1 fully saturated rings. The van der Waals surface area contributed by atoms with Crippen molar-refractivity contribution in [3.8, 4) is 0 Å². The minimum Gasteiger partial charge on any atom is -0.377 e. The largest absolute Gasteiger partial charge is 0.377 e. The summed E-state index contributed by atoms with van der Waals surface area (Å²) in [5, 5.41) is 0. The van der Waals surface area contributed by atoms with Gasteiger partial charge >= 0.3 is 0 Å². The molecule has 24 heavy (non-hydrogen) atoms. The van der Waals surface area contributed by atoms with Crippen LogP contribution in [0.1, 0.15) is 82.6 Å². The molecule has 0 heterocycles. The number of ketones is 1. The highest BCUT2D eigenvalue weighted by Gasteiger charge is 2.26. The lowest BCUT2D eigenvalue weighted by Gasteiger charge is -2.23. The van der Waals surface area contributed by atoms with Gasteiger partial charge in [0.25, 0.3) is 0 Å². The van der Waals surface area contributed by atoms with Crippen LogP contribution in [0.15, 0.2) is 30.3 Å². The molecule has 0 radical (unpaired) electrons. The maximum absolute atomic E-state index is 11.2. The van der Waals surface area contributed by atoms with Crippen LogP contribution in [0, 0.1) is 5.92 Å². The van der Waals surface area contributed by atoms with Crippen molar-refractivity contribution < 1.29 is 9.53 Å². The molecule has 0 N–H and O–H groups in total. The summed E-state index contributed by atoms with van der Waals surface area (Å²) in [5.41, 5.74) is 1.26. The Hall–Kier alpha value is -1.15. The van der Waals surface area contributed by atoms with Crippen LogP contribution in [0.3, 0.4) is 0 Å². The Morgan fingerprint density at radius 3 is 2.04 bits per heavy atom. The van der Waals surface area contributed by atoms with Gasteiger partial charge in [-0.3, -0.25) is 4.79 Å². The van der Waals surface area contributed by atoms with E-state index in [0.717, 1.165) is 32.5 Å². The molecule has 2 rings (SSSR count). The van der Waals surface area contributed by atoms with Crippen LogP contribution in [0.5, 0.6) is 0 Å². The molecule has 1 saturated carbocycles. The van der Waals surface area contributed by atoms with Crippen molar-refractivity contribution in [2.45, 2.75) is 83.7 Å². The summed E-state index contributed by atoms with van der Waals surface area (Å²) in [6, 6.07) is 10.4. The van der Waals surface area contributed by atoms with Crippen LogP contribution in [-0.4, -0.2) is 12.4 Å². The average Bonchev–Trinajstić information content (AvgIpc) is 2.61. The van der Waals surface area contributed by atoms with Crippen molar-refractivity contribution >= 4 is 5.78 Å². The number of benzene rings is 1. The number of hydrogen-bond donors (Lipinski definition) is 0. The van der Waals surface area contributed by atoms with Crippen molar-refractivity contribution in [1.29, 1.82) is 0 Å². The third kappa shape index (κ3) is 8.10. The van der Waals surface area contributed by atoms with Gasteiger partial charge in [0, 0.05) is 18.9 Å². The quantitative estimate of drug-likeness (QED) is 0.386. The zero-order valence-electron chi connectivity index (χ0n) is 15.2. The molecule has 134 valence electrons. The lowest BCUT2D eigenvalue weighted by molar-refractivity contribution is -0.129. The van der Waals surface area contributed by atoms with E-state index < -0.39 is 0 Å². The van der Waals surface area contributed by atoms with Gasteiger partial charge in [-0.05, 0) is 24.8 Å². The summed E-state index contributed by atoms with van der Waals surface area (Å²) in [5.74, 6) is 0.955. The van der Waals surface area contributed by atoms with Crippen LogP contribution in [0.4, 0.5) is 0 Å². The van der Waals surface area contributed by atoms with Crippen LogP contribution >= 0.6 is 0 Å². The SMILES string of the molecule is O=C1CCC1CCCCCCCCCCCOCc1ccccc1. The predicted molar refractivity (Wildman–Crippen MR) is 100.0 cm³/mol. The van der Waals surface area contributed by atoms with Crippen molar-refractivity contribution in [2.24, 2.45) is 5.92 Å². The molecular formula is C22H34O2. The van der Waals surface area contributed by atoms with Gasteiger partial charge in [-0.25, -0.2) is 0 Å². The molecule has 1 aliphatic carbocycles. The Bertz CT molecular complexity index is 441. The van der Waals surface area contributed by atoms with E-state index in [1.165, 1.54) is 63.4 Å². The standard InChI is InChI=1S/C22H34O2/c23-22-17-16-21(22)15-11-6-4-2-1-3-5-7-12-18-24-19-20-13-9-8-10-14-20/h8-10,13-14,21H,1-7,11-12,15-19H2. The van der Waals surface area contributed by atoms with Gasteiger partial charge in [0.2, 0.25) is 0 Å². The first-order valence-electron chi connectivity index (χ1n) is 10.0. The molecule has 2 heteroatoms. The summed E-state index contributed by atoms with van der Waals surface area (Å²) >= 11 is 0. The number of rotatable bonds is 14. The molecule has 1 aliphatic rings. The minimum absolute atomic E-state index is 0.439. The van der Waals surface area contributed by atoms with Gasteiger partial charge in [-0.2, -0.15) is 0 Å². The zero-order valence-corrected chi connectivity index (χ0v) is 15.2. The van der Waals surface area contributed by atoms with E-state index in [9.17, 15) is 4.79 Å². The van der Waals surface area contributed by atoms with E-state index in [1.807, 2.05) is 6.07 Å². The molecule has 1 unspecified atom stereocenters. The van der Waals surface area contributed by atoms with Crippen LogP contribution in [0.25, 0.3) is 0 Å². The third-order valence-corrected chi connectivity index (χ3v) is 5.15. The second kappa shape index (κ2) is 12.2. The topological polar surface area (TPSA) is 26.3 Å². The Morgan fingerprint density at radius 2 is 1.46 bits per heavy atom. The van der Waals surface area contributed by atoms with E-state index in [2.05, 4.69) is 24.3 Å². The Morgan fingerprint density at radius 1 is 0.833 bits per heavy atom. The van der Waals surface area contributed by atoms with Gasteiger partial charge in [0.05, 0.1) is 6.61 Å². The maximum atomic E-state index is 11.2. The molecule has 0 amide bonds. The predicted octanol–water partition coefficient (Wildman–Crippen LogP) is 6.08. The molecule has 1 aromatic carbocycles. The number of ether oxygens (including phenoxy) is 1. The summed E-state index contributed by atoms with van der Waals surface area (Å²) in [6.07, 6.45) is 15.0. The molecule has 0 saturated heterocycles. The van der Waals surface area contributed by atoms with E-state index in [0.29, 0.717) is 11.7 Å². The summed E-state index contributed by atoms with van der Waals surface area (Å²) in [6.45, 7) is 1.63. The fourth-order valence-electron chi connectivity index (χ4n) is 3.37. The van der Waals surface area contributed by atoms with Crippen LogP contribution < -0.4 is 0 Å². The van der Waals surface area contributed by atoms with E-state index in [4.69, 9.17) is 4.74 Å². The number of carbonyl (C=O) groups excluding carboxylic acids is 1. The fraction of sp³-hybridized carbons (Fsp3) is 0.682. The molecule has 0 spiro atoms. The molecule has 1 atom stereocenters. The van der Waals surface area contributed by atoms with Gasteiger partial charge < -0.3 is 4.74 Å². The lowest BCUT2D eigenvalue weighted by Crippen LogP contribution is -2.25. The molecular weight excluding hydrogens is 296 g/mol. The number of unbranched alkanes of at least 4 members (excludes halogenated alkanes) is 8. The zero-order chi connectivity index (χ0) is 16.9. The molecule has 1 aromatic rings. The lowest BCUT2D eigenvalue weighted by atomic mass is 9.80. The van der Waals surface area contributed by atoms with Crippen molar-refractivity contribution in [2.75, 3.05) is 6.61 Å². The Kier molecular flexibility index (Phi) is 9.79. The van der Waals surface area contributed by atoms with Crippen molar-refractivity contribution in [1.82, 2.24) is 0 Å². The highest BCUT2D eigenvalue weighted by atomic mass is 16.5. The summed E-state index contributed by atoms with van der Waals surface area (Å²) in [7, 11) is 0. The van der Waals surface area contributed by atoms with Crippen LogP contribution in [-0.2, 0) is 16.1 Å². The molecule has 0 aliphatic heterocycles. The summed E-state index contributed by atoms with van der Waals surface area (Å²) in [4.78, 5) is 11.2. The maximum Gasteiger partial charge on any atom is 0.136 e. The number of hydrogen-bond acceptors (Lipinski definition) is 2. The van der Waals surface area contributed by atoms with E-state index >= 15 is 0 Å². The molecule has 0 bridgehead atoms. The van der Waals surface area contributed by atoms with E-state index in [1.54, 1.807) is 0 Å². The van der Waals surface area contributed by atoms with Crippen molar-refractivity contribution in [3.63, 3.8) is 0 Å². The van der Waals surface area contributed by atoms with Gasteiger partial charge in [0.1, 0.15) is 5.78 Å². The second-order valence-electron chi connectivity index (χ2n) is 7.21. The fourth-order valence-corrected chi connectivity index (χ4v) is 3.37. The smallest absolute Gasteiger partial charge is 0.136 e. The number of Topliss-reactive ketones (excluding diaryl/α,β-unsaturated/α-hetero) is 1. The molecule has 2 nitrogen and oxygen atoms in total. The van der Waals surface area contributed by atoms with Gasteiger partial charge in [-0.1, -0.05) is 81.7 Å². The third-order valence-electron chi connectivity index (χ3n) is 5.15. The first-order chi connectivity index (χ1) is 11.9. The van der Waals surface area contributed by atoms with Crippen molar-refractivity contribution in [3.05, 3.63) is 35.9 Å². The highest BCUT2D eigenvalue weighted by Crippen LogP contribution is 2.27. The Labute approximate surface area is 148 Å². The first kappa shape index (κ1) is 19.2. The number of carbonyl (C=O) groups is 1. The minimum atomic E-state index is 0.439. The normalized spacial score (nSPS) is 17.0. The van der Waals surface area contributed by atoms with Crippen LogP contribution in [0.2, 0.25) is 0 Å². The monoisotopic (exact) mass is 330 g/mol. The second-order valence-corrected chi connectivity index (χ2v) is 7.21. The van der Waals surface area contributed by atoms with Gasteiger partial charge in [0.15, 0.2) is 0 Å². The van der Waals surface area contributed by atoms with E-state index in [-0.39, 0.29) is 0 Å².